The van der Waals surface area contributed by atoms with Gasteiger partial charge in [-0.25, -0.2) is 0 Å². The molecule has 1 saturated heterocycles. The normalized spacial score (nSPS) is 13.8. The van der Waals surface area contributed by atoms with Crippen LogP contribution in [0.5, 0.6) is 34.5 Å². The number of hydrogen-bond acceptors (Lipinski definition) is 10. The summed E-state index contributed by atoms with van der Waals surface area (Å²) in [5.41, 5.74) is 5.88. The van der Waals surface area contributed by atoms with Crippen LogP contribution >= 0.6 is 0 Å². The lowest BCUT2D eigenvalue weighted by molar-refractivity contribution is 0.122. The van der Waals surface area contributed by atoms with Crippen molar-refractivity contribution in [1.29, 1.82) is 0 Å². The van der Waals surface area contributed by atoms with Crippen LogP contribution in [-0.2, 0) is 13.1 Å². The van der Waals surface area contributed by atoms with Gasteiger partial charge in [0.1, 0.15) is 0 Å². The van der Waals surface area contributed by atoms with Crippen LogP contribution in [0.2, 0.25) is 0 Å². The first-order valence-corrected chi connectivity index (χ1v) is 14.5. The standard InChI is InChI=1S/C34H40N4O6/c1-39-29-15-25(16-30(40-2)33(29)43-5)27-9-7-23(19-35-27)21-37-11-13-38(14-12-37)22-24-8-10-28(36-20-24)26-17-31(41-3)34(44-6)32(18-26)42-4/h7-10,15-20H,11-14,21-22H2,1-6H3. The van der Waals surface area contributed by atoms with Gasteiger partial charge < -0.3 is 28.4 Å². The van der Waals surface area contributed by atoms with E-state index in [9.17, 15) is 0 Å². The third-order valence-electron chi connectivity index (χ3n) is 7.85. The molecule has 0 amide bonds. The van der Waals surface area contributed by atoms with E-state index >= 15 is 0 Å². The quantitative estimate of drug-likeness (QED) is 0.217. The lowest BCUT2D eigenvalue weighted by atomic mass is 10.1. The van der Waals surface area contributed by atoms with Crippen LogP contribution in [0.1, 0.15) is 11.1 Å². The Morgan fingerprint density at radius 1 is 0.500 bits per heavy atom. The summed E-state index contributed by atoms with van der Waals surface area (Å²) in [5, 5.41) is 0. The lowest BCUT2D eigenvalue weighted by Crippen LogP contribution is -2.45. The highest BCUT2D eigenvalue weighted by Crippen LogP contribution is 2.42. The Labute approximate surface area is 259 Å². The maximum Gasteiger partial charge on any atom is 0.203 e. The molecule has 1 fully saturated rings. The monoisotopic (exact) mass is 600 g/mol. The number of pyridine rings is 2. The SMILES string of the molecule is COc1cc(-c2ccc(CN3CCN(Cc4ccc(-c5cc(OC)c(OC)c(OC)c5)nc4)CC3)cn2)cc(OC)c1OC. The van der Waals surface area contributed by atoms with Gasteiger partial charge in [0.05, 0.1) is 54.0 Å². The number of hydrogen-bond donors (Lipinski definition) is 0. The minimum Gasteiger partial charge on any atom is -0.493 e. The fourth-order valence-electron chi connectivity index (χ4n) is 5.46. The second kappa shape index (κ2) is 14.3. The zero-order valence-electron chi connectivity index (χ0n) is 26.3. The molecule has 0 atom stereocenters. The Morgan fingerprint density at radius 3 is 1.09 bits per heavy atom. The molecule has 3 heterocycles. The molecule has 1 aliphatic rings. The number of piperazine rings is 1. The number of aromatic nitrogens is 2. The smallest absolute Gasteiger partial charge is 0.203 e. The van der Waals surface area contributed by atoms with E-state index in [-0.39, 0.29) is 0 Å². The van der Waals surface area contributed by atoms with Gasteiger partial charge in [-0.05, 0) is 47.5 Å². The molecule has 0 radical (unpaired) electrons. The molecule has 1 aliphatic heterocycles. The van der Waals surface area contributed by atoms with Crippen LogP contribution < -0.4 is 28.4 Å². The average molecular weight is 601 g/mol. The van der Waals surface area contributed by atoms with E-state index in [4.69, 9.17) is 38.4 Å². The van der Waals surface area contributed by atoms with Gasteiger partial charge in [-0.1, -0.05) is 12.1 Å². The molecular weight excluding hydrogens is 560 g/mol. The Bertz CT molecular complexity index is 1370. The molecule has 232 valence electrons. The second-order valence-corrected chi connectivity index (χ2v) is 10.5. The van der Waals surface area contributed by atoms with Crippen LogP contribution in [0.25, 0.3) is 22.5 Å². The summed E-state index contributed by atoms with van der Waals surface area (Å²) in [7, 11) is 9.66. The molecule has 10 nitrogen and oxygen atoms in total. The van der Waals surface area contributed by atoms with Crippen molar-refractivity contribution < 1.29 is 28.4 Å². The first-order chi connectivity index (χ1) is 21.5. The minimum atomic E-state index is 0.568. The highest BCUT2D eigenvalue weighted by molar-refractivity contribution is 5.69. The molecule has 0 N–H and O–H groups in total. The zero-order chi connectivity index (χ0) is 31.1. The Hall–Kier alpha value is -4.54. The van der Waals surface area contributed by atoms with Crippen LogP contribution in [0, 0.1) is 0 Å². The molecule has 0 aliphatic carbocycles. The molecule has 10 heteroatoms. The zero-order valence-corrected chi connectivity index (χ0v) is 26.3. The number of benzene rings is 2. The molecule has 5 rings (SSSR count). The molecule has 0 spiro atoms. The van der Waals surface area contributed by atoms with Crippen LogP contribution in [0.15, 0.2) is 60.9 Å². The van der Waals surface area contributed by atoms with Gasteiger partial charge in [-0.2, -0.15) is 0 Å². The second-order valence-electron chi connectivity index (χ2n) is 10.5. The number of methoxy groups -OCH3 is 6. The number of ether oxygens (including phenoxy) is 6. The van der Waals surface area contributed by atoms with Crippen molar-refractivity contribution >= 4 is 0 Å². The van der Waals surface area contributed by atoms with Gasteiger partial charge in [-0.15, -0.1) is 0 Å². The first-order valence-electron chi connectivity index (χ1n) is 14.5. The highest BCUT2D eigenvalue weighted by Gasteiger charge is 2.19. The van der Waals surface area contributed by atoms with Crippen LogP contribution in [0.4, 0.5) is 0 Å². The molecule has 0 saturated carbocycles. The van der Waals surface area contributed by atoms with E-state index in [1.54, 1.807) is 42.7 Å². The molecular formula is C34H40N4O6. The van der Waals surface area contributed by atoms with Gasteiger partial charge in [-0.3, -0.25) is 19.8 Å². The fourth-order valence-corrected chi connectivity index (χ4v) is 5.46. The summed E-state index contributed by atoms with van der Waals surface area (Å²) in [6.45, 7) is 5.69. The number of rotatable bonds is 12. The van der Waals surface area contributed by atoms with Gasteiger partial charge in [0.25, 0.3) is 0 Å². The first kappa shape index (κ1) is 30.9. The molecule has 0 bridgehead atoms. The summed E-state index contributed by atoms with van der Waals surface area (Å²) in [6.07, 6.45) is 3.90. The third-order valence-corrected chi connectivity index (χ3v) is 7.85. The molecule has 0 unspecified atom stereocenters. The summed E-state index contributed by atoms with van der Waals surface area (Å²) < 4.78 is 32.9. The topological polar surface area (TPSA) is 87.6 Å². The highest BCUT2D eigenvalue weighted by atomic mass is 16.5. The summed E-state index contributed by atoms with van der Waals surface area (Å²) >= 11 is 0. The molecule has 44 heavy (non-hydrogen) atoms. The fraction of sp³-hybridized carbons (Fsp3) is 0.353. The Morgan fingerprint density at radius 2 is 0.841 bits per heavy atom. The van der Waals surface area contributed by atoms with Gasteiger partial charge in [0, 0.05) is 62.8 Å². The summed E-state index contributed by atoms with van der Waals surface area (Å²) in [4.78, 5) is 14.4. The van der Waals surface area contributed by atoms with E-state index < -0.39 is 0 Å². The third kappa shape index (κ3) is 6.82. The van der Waals surface area contributed by atoms with E-state index in [2.05, 4.69) is 21.9 Å². The molecule has 2 aromatic heterocycles. The maximum absolute atomic E-state index is 5.50. The van der Waals surface area contributed by atoms with Crippen molar-refractivity contribution in [2.75, 3.05) is 68.8 Å². The predicted octanol–water partition coefficient (Wildman–Crippen LogP) is 5.18. The van der Waals surface area contributed by atoms with Crippen molar-refractivity contribution in [3.8, 4) is 57.0 Å². The van der Waals surface area contributed by atoms with E-state index in [0.29, 0.717) is 34.5 Å². The lowest BCUT2D eigenvalue weighted by Gasteiger charge is -2.34. The predicted molar refractivity (Wildman–Crippen MR) is 169 cm³/mol. The number of nitrogens with zero attached hydrogens (tertiary/aromatic N) is 4. The molecule has 4 aromatic rings. The van der Waals surface area contributed by atoms with Crippen molar-refractivity contribution in [2.24, 2.45) is 0 Å². The minimum absolute atomic E-state index is 0.568. The summed E-state index contributed by atoms with van der Waals surface area (Å²) in [5.74, 6) is 3.57. The van der Waals surface area contributed by atoms with Gasteiger partial charge >= 0.3 is 0 Å². The summed E-state index contributed by atoms with van der Waals surface area (Å²) in [6, 6.07) is 16.0. The average Bonchev–Trinajstić information content (AvgIpc) is 3.08. The van der Waals surface area contributed by atoms with Crippen molar-refractivity contribution in [2.45, 2.75) is 13.1 Å². The van der Waals surface area contributed by atoms with Gasteiger partial charge in [0.15, 0.2) is 23.0 Å². The van der Waals surface area contributed by atoms with Gasteiger partial charge in [0.2, 0.25) is 11.5 Å². The maximum atomic E-state index is 5.50. The van der Waals surface area contributed by atoms with Crippen molar-refractivity contribution in [1.82, 2.24) is 19.8 Å². The van der Waals surface area contributed by atoms with E-state index in [1.807, 2.05) is 48.8 Å². The Balaban J connectivity index is 1.15. The van der Waals surface area contributed by atoms with Crippen LogP contribution in [0.3, 0.4) is 0 Å². The van der Waals surface area contributed by atoms with Crippen molar-refractivity contribution in [3.63, 3.8) is 0 Å². The Kier molecular flexibility index (Phi) is 10.0. The van der Waals surface area contributed by atoms with E-state index in [1.165, 1.54) is 11.1 Å². The van der Waals surface area contributed by atoms with Crippen molar-refractivity contribution in [3.05, 3.63) is 72.1 Å². The largest absolute Gasteiger partial charge is 0.493 e. The van der Waals surface area contributed by atoms with E-state index in [0.717, 1.165) is 61.8 Å². The molecule has 2 aromatic carbocycles. The van der Waals surface area contributed by atoms with Crippen LogP contribution in [-0.4, -0.2) is 88.6 Å².